The zero-order valence-electron chi connectivity index (χ0n) is 17.0. The van der Waals surface area contributed by atoms with Crippen LogP contribution in [0.4, 0.5) is 10.5 Å². The molecule has 2 aromatic rings. The second kappa shape index (κ2) is 9.10. The van der Waals surface area contributed by atoms with Crippen LogP contribution in [0, 0.1) is 13.8 Å². The minimum Gasteiger partial charge on any atom is -0.382 e. The largest absolute Gasteiger partial charge is 0.382 e. The Morgan fingerprint density at radius 2 is 1.75 bits per heavy atom. The van der Waals surface area contributed by atoms with E-state index in [1.807, 2.05) is 45.9 Å². The molecular weight excluding hydrogens is 376 g/mol. The molecule has 0 atom stereocenters. The maximum Gasteiger partial charge on any atom is 0.322 e. The third kappa shape index (κ3) is 5.99. The molecule has 0 aliphatic rings. The average molecular weight is 405 g/mol. The van der Waals surface area contributed by atoms with Crippen LogP contribution in [0.25, 0.3) is 0 Å². The zero-order chi connectivity index (χ0) is 20.9. The van der Waals surface area contributed by atoms with E-state index in [9.17, 15) is 13.2 Å². The second-order valence-corrected chi connectivity index (χ2v) is 8.90. The minimum absolute atomic E-state index is 0.0119. The maximum absolute atomic E-state index is 12.8. The van der Waals surface area contributed by atoms with E-state index < -0.39 is 10.1 Å². The van der Waals surface area contributed by atoms with Crippen LogP contribution in [0.15, 0.2) is 42.5 Å². The Morgan fingerprint density at radius 3 is 2.29 bits per heavy atom. The molecule has 7 heteroatoms. The molecule has 0 fully saturated rings. The summed E-state index contributed by atoms with van der Waals surface area (Å²) >= 11 is 0. The first-order valence-electron chi connectivity index (χ1n) is 9.27. The van der Waals surface area contributed by atoms with Gasteiger partial charge in [-0.1, -0.05) is 29.8 Å². The fraction of sp³-hybridized carbons (Fsp3) is 0.381. The van der Waals surface area contributed by atoms with E-state index in [1.54, 1.807) is 29.2 Å². The normalized spacial score (nSPS) is 11.4. The summed E-state index contributed by atoms with van der Waals surface area (Å²) in [4.78, 5) is 14.5. The van der Waals surface area contributed by atoms with Crippen molar-refractivity contribution in [2.45, 2.75) is 47.2 Å². The van der Waals surface area contributed by atoms with Gasteiger partial charge in [0.05, 0.1) is 5.75 Å². The number of nitrogens with zero attached hydrogens (tertiary/aromatic N) is 1. The number of hydrogen-bond donors (Lipinski definition) is 1. The number of aryl methyl sites for hydroxylation is 2. The van der Waals surface area contributed by atoms with Gasteiger partial charge < -0.3 is 14.4 Å². The number of nitrogens with one attached hydrogen (secondary N) is 1. The number of amides is 2. The standard InChI is InChI=1S/C21H28N2O4S/c1-6-28(25,26)27-19-10-8-18(9-11-19)14-23(15(2)3)21(24)22-20-12-7-16(4)13-17(20)5/h7-13,15H,6,14H2,1-5H3,(H,22,24). The van der Waals surface area contributed by atoms with Gasteiger partial charge in [0, 0.05) is 18.3 Å². The molecule has 6 nitrogen and oxygen atoms in total. The van der Waals surface area contributed by atoms with Crippen molar-refractivity contribution >= 4 is 21.8 Å². The molecule has 0 saturated carbocycles. The Labute approximate surface area is 167 Å². The molecule has 28 heavy (non-hydrogen) atoms. The summed E-state index contributed by atoms with van der Waals surface area (Å²) in [6.45, 7) is 9.80. The highest BCUT2D eigenvalue weighted by atomic mass is 32.2. The molecule has 0 heterocycles. The predicted octanol–water partition coefficient (Wildman–Crippen LogP) is 4.47. The third-order valence-corrected chi connectivity index (χ3v) is 5.51. The summed E-state index contributed by atoms with van der Waals surface area (Å²) in [5.74, 6) is 0.176. The SMILES string of the molecule is CCS(=O)(=O)Oc1ccc(CN(C(=O)Nc2ccc(C)cc2C)C(C)C)cc1. The van der Waals surface area contributed by atoms with E-state index in [0.717, 1.165) is 22.4 Å². The molecule has 1 N–H and O–H groups in total. The Hall–Kier alpha value is -2.54. The van der Waals surface area contributed by atoms with Crippen LogP contribution in [0.5, 0.6) is 5.75 Å². The van der Waals surface area contributed by atoms with Gasteiger partial charge in [0.25, 0.3) is 0 Å². The first-order valence-corrected chi connectivity index (χ1v) is 10.8. The molecule has 0 saturated heterocycles. The highest BCUT2D eigenvalue weighted by molar-refractivity contribution is 7.87. The molecular formula is C21H28N2O4S. The van der Waals surface area contributed by atoms with Crippen molar-refractivity contribution in [2.75, 3.05) is 11.1 Å². The van der Waals surface area contributed by atoms with Crippen LogP contribution in [-0.4, -0.2) is 31.1 Å². The number of urea groups is 1. The quantitative estimate of drug-likeness (QED) is 0.691. The summed E-state index contributed by atoms with van der Waals surface area (Å²) in [5, 5.41) is 2.97. The second-order valence-electron chi connectivity index (χ2n) is 7.04. The van der Waals surface area contributed by atoms with Crippen molar-refractivity contribution in [2.24, 2.45) is 0 Å². The topological polar surface area (TPSA) is 75.7 Å². The smallest absolute Gasteiger partial charge is 0.322 e. The zero-order valence-corrected chi connectivity index (χ0v) is 17.8. The predicted molar refractivity (Wildman–Crippen MR) is 112 cm³/mol. The molecule has 0 aromatic heterocycles. The van der Waals surface area contributed by atoms with Gasteiger partial charge in [-0.25, -0.2) is 4.79 Å². The molecule has 0 bridgehead atoms. The van der Waals surface area contributed by atoms with Gasteiger partial charge in [-0.05, 0) is 63.9 Å². The number of rotatable bonds is 7. The molecule has 0 aliphatic carbocycles. The monoisotopic (exact) mass is 404 g/mol. The van der Waals surface area contributed by atoms with Crippen LogP contribution < -0.4 is 9.50 Å². The molecule has 2 amide bonds. The summed E-state index contributed by atoms with van der Waals surface area (Å²) in [5.41, 5.74) is 3.82. The van der Waals surface area contributed by atoms with Gasteiger partial charge in [0.2, 0.25) is 0 Å². The number of anilines is 1. The van der Waals surface area contributed by atoms with Crippen molar-refractivity contribution in [3.05, 3.63) is 59.2 Å². The number of carbonyl (C=O) groups is 1. The lowest BCUT2D eigenvalue weighted by atomic mass is 10.1. The molecule has 2 aromatic carbocycles. The number of benzene rings is 2. The van der Waals surface area contributed by atoms with Crippen LogP contribution in [0.3, 0.4) is 0 Å². The summed E-state index contributed by atoms with van der Waals surface area (Å²) in [6, 6.07) is 12.4. The molecule has 2 rings (SSSR count). The van der Waals surface area contributed by atoms with E-state index in [0.29, 0.717) is 6.54 Å². The van der Waals surface area contributed by atoms with E-state index in [1.165, 1.54) is 6.92 Å². The molecule has 0 aliphatic heterocycles. The molecule has 0 radical (unpaired) electrons. The fourth-order valence-electron chi connectivity index (χ4n) is 2.68. The number of hydrogen-bond acceptors (Lipinski definition) is 4. The van der Waals surface area contributed by atoms with Crippen LogP contribution in [-0.2, 0) is 16.7 Å². The van der Waals surface area contributed by atoms with Gasteiger partial charge in [-0.2, -0.15) is 8.42 Å². The van der Waals surface area contributed by atoms with Gasteiger partial charge in [-0.15, -0.1) is 0 Å². The first-order chi connectivity index (χ1) is 13.1. The van der Waals surface area contributed by atoms with Gasteiger partial charge >= 0.3 is 16.1 Å². The average Bonchev–Trinajstić information content (AvgIpc) is 2.62. The van der Waals surface area contributed by atoms with E-state index >= 15 is 0 Å². The number of carbonyl (C=O) groups excluding carboxylic acids is 1. The molecule has 0 spiro atoms. The third-order valence-electron chi connectivity index (χ3n) is 4.36. The highest BCUT2D eigenvalue weighted by Gasteiger charge is 2.18. The Balaban J connectivity index is 2.10. The Morgan fingerprint density at radius 1 is 1.11 bits per heavy atom. The van der Waals surface area contributed by atoms with Crippen molar-refractivity contribution in [1.82, 2.24) is 4.90 Å². The minimum atomic E-state index is -3.55. The van der Waals surface area contributed by atoms with Crippen molar-refractivity contribution < 1.29 is 17.4 Å². The summed E-state index contributed by atoms with van der Waals surface area (Å²) in [7, 11) is -3.55. The lowest BCUT2D eigenvalue weighted by Gasteiger charge is -2.27. The molecule has 152 valence electrons. The van der Waals surface area contributed by atoms with Crippen molar-refractivity contribution in [3.63, 3.8) is 0 Å². The Kier molecular flexibility index (Phi) is 7.07. The van der Waals surface area contributed by atoms with Crippen LogP contribution >= 0.6 is 0 Å². The van der Waals surface area contributed by atoms with Gasteiger partial charge in [0.1, 0.15) is 5.75 Å². The van der Waals surface area contributed by atoms with Crippen LogP contribution in [0.1, 0.15) is 37.5 Å². The van der Waals surface area contributed by atoms with E-state index in [-0.39, 0.29) is 23.6 Å². The maximum atomic E-state index is 12.8. The fourth-order valence-corrected chi connectivity index (χ4v) is 3.20. The van der Waals surface area contributed by atoms with Crippen molar-refractivity contribution in [3.8, 4) is 5.75 Å². The lowest BCUT2D eigenvalue weighted by Crippen LogP contribution is -2.39. The van der Waals surface area contributed by atoms with Gasteiger partial charge in [-0.3, -0.25) is 0 Å². The van der Waals surface area contributed by atoms with Gasteiger partial charge in [0.15, 0.2) is 0 Å². The lowest BCUT2D eigenvalue weighted by molar-refractivity contribution is 0.193. The summed E-state index contributed by atoms with van der Waals surface area (Å²) < 4.78 is 28.1. The van der Waals surface area contributed by atoms with Crippen molar-refractivity contribution in [1.29, 1.82) is 0 Å². The van der Waals surface area contributed by atoms with Crippen LogP contribution in [0.2, 0.25) is 0 Å². The van der Waals surface area contributed by atoms with E-state index in [4.69, 9.17) is 4.18 Å². The highest BCUT2D eigenvalue weighted by Crippen LogP contribution is 2.20. The van der Waals surface area contributed by atoms with E-state index in [2.05, 4.69) is 5.32 Å². The molecule has 0 unspecified atom stereocenters. The first kappa shape index (κ1) is 21.8. The summed E-state index contributed by atoms with van der Waals surface area (Å²) in [6.07, 6.45) is 0. The Bertz CT molecular complexity index is 922.